The molecule has 0 atom stereocenters. The molecule has 1 aromatic rings. The van der Waals surface area contributed by atoms with E-state index in [9.17, 15) is 4.79 Å². The first-order valence-electron chi connectivity index (χ1n) is 6.45. The van der Waals surface area contributed by atoms with Crippen molar-refractivity contribution in [1.29, 1.82) is 0 Å². The fourth-order valence-electron chi connectivity index (χ4n) is 2.43. The number of benzene rings is 1. The molecular formula is C15H19NO2. The van der Waals surface area contributed by atoms with Crippen molar-refractivity contribution in [3.05, 3.63) is 35.4 Å². The summed E-state index contributed by atoms with van der Waals surface area (Å²) in [6.07, 6.45) is 4.02. The summed E-state index contributed by atoms with van der Waals surface area (Å²) >= 11 is 0. The molecule has 0 aromatic heterocycles. The van der Waals surface area contributed by atoms with E-state index in [4.69, 9.17) is 4.84 Å². The van der Waals surface area contributed by atoms with Gasteiger partial charge in [0.2, 0.25) is 0 Å². The van der Waals surface area contributed by atoms with Crippen molar-refractivity contribution >= 4 is 11.7 Å². The number of rotatable bonds is 2. The van der Waals surface area contributed by atoms with Crippen molar-refractivity contribution in [1.82, 2.24) is 0 Å². The number of hydrogen-bond acceptors (Lipinski definition) is 3. The molecule has 0 aliphatic heterocycles. The molecule has 1 aliphatic rings. The largest absolute Gasteiger partial charge is 0.331 e. The highest BCUT2D eigenvalue weighted by Crippen LogP contribution is 2.31. The Balaban J connectivity index is 1.94. The molecule has 96 valence electrons. The summed E-state index contributed by atoms with van der Waals surface area (Å²) < 4.78 is 0. The molecule has 1 aliphatic carbocycles. The monoisotopic (exact) mass is 245 g/mol. The maximum absolute atomic E-state index is 10.7. The zero-order valence-corrected chi connectivity index (χ0v) is 11.0. The summed E-state index contributed by atoms with van der Waals surface area (Å²) in [5.74, 6) is 0.268. The van der Waals surface area contributed by atoms with Gasteiger partial charge >= 0.3 is 5.97 Å². The first kappa shape index (κ1) is 12.8. The molecule has 18 heavy (non-hydrogen) atoms. The van der Waals surface area contributed by atoms with Crippen LogP contribution in [-0.2, 0) is 9.63 Å². The minimum absolute atomic E-state index is 0.344. The zero-order valence-electron chi connectivity index (χ0n) is 11.0. The van der Waals surface area contributed by atoms with E-state index in [1.807, 2.05) is 0 Å². The Kier molecular flexibility index (Phi) is 4.13. The van der Waals surface area contributed by atoms with Crippen molar-refractivity contribution in [2.45, 2.75) is 45.4 Å². The van der Waals surface area contributed by atoms with Crippen LogP contribution in [0.5, 0.6) is 0 Å². The standard InChI is InChI=1S/C15H19NO2/c1-11-4-3-5-14(10-11)13-6-8-15(9-7-13)16-18-12(2)17/h3-5,10,13H,6-9H2,1-2H3. The summed E-state index contributed by atoms with van der Waals surface area (Å²) in [5.41, 5.74) is 3.74. The molecule has 0 radical (unpaired) electrons. The predicted molar refractivity (Wildman–Crippen MR) is 71.6 cm³/mol. The Bertz CT molecular complexity index is 455. The maximum Gasteiger partial charge on any atom is 0.331 e. The second-order valence-corrected chi connectivity index (χ2v) is 4.93. The van der Waals surface area contributed by atoms with Gasteiger partial charge in [0.25, 0.3) is 0 Å². The van der Waals surface area contributed by atoms with Crippen LogP contribution in [0.2, 0.25) is 0 Å². The second-order valence-electron chi connectivity index (χ2n) is 4.93. The molecule has 0 saturated heterocycles. The highest BCUT2D eigenvalue weighted by molar-refractivity contribution is 5.85. The molecule has 1 saturated carbocycles. The van der Waals surface area contributed by atoms with Gasteiger partial charge in [0.05, 0.1) is 5.71 Å². The van der Waals surface area contributed by atoms with E-state index in [0.29, 0.717) is 5.92 Å². The molecule has 1 fully saturated rings. The number of aryl methyl sites for hydroxylation is 1. The molecule has 0 N–H and O–H groups in total. The molecule has 0 spiro atoms. The maximum atomic E-state index is 10.7. The van der Waals surface area contributed by atoms with Crippen LogP contribution in [0.15, 0.2) is 29.4 Å². The topological polar surface area (TPSA) is 38.7 Å². The number of carbonyl (C=O) groups is 1. The van der Waals surface area contributed by atoms with Crippen LogP contribution < -0.4 is 0 Å². The molecule has 3 heteroatoms. The lowest BCUT2D eigenvalue weighted by molar-refractivity contribution is -0.141. The number of carbonyl (C=O) groups excluding carboxylic acids is 1. The fourth-order valence-corrected chi connectivity index (χ4v) is 2.43. The lowest BCUT2D eigenvalue weighted by atomic mass is 9.83. The number of nitrogens with zero attached hydrogens (tertiary/aromatic N) is 1. The van der Waals surface area contributed by atoms with Gasteiger partial charge in [0, 0.05) is 6.92 Å². The molecule has 1 aromatic carbocycles. The second kappa shape index (κ2) is 5.80. The summed E-state index contributed by atoms with van der Waals surface area (Å²) in [6.45, 7) is 3.50. The van der Waals surface area contributed by atoms with Gasteiger partial charge < -0.3 is 4.84 Å². The molecule has 0 heterocycles. The van der Waals surface area contributed by atoms with Crippen LogP contribution in [0.1, 0.15) is 49.7 Å². The Morgan fingerprint density at radius 2 is 2.06 bits per heavy atom. The van der Waals surface area contributed by atoms with E-state index in [2.05, 4.69) is 36.3 Å². The summed E-state index contributed by atoms with van der Waals surface area (Å²) in [5, 5.41) is 3.90. The van der Waals surface area contributed by atoms with E-state index in [1.54, 1.807) is 0 Å². The molecule has 0 amide bonds. The van der Waals surface area contributed by atoms with E-state index < -0.39 is 0 Å². The van der Waals surface area contributed by atoms with E-state index in [0.717, 1.165) is 31.4 Å². The third kappa shape index (κ3) is 3.42. The van der Waals surface area contributed by atoms with Crippen LogP contribution in [-0.4, -0.2) is 11.7 Å². The van der Waals surface area contributed by atoms with Crippen molar-refractivity contribution in [3.63, 3.8) is 0 Å². The molecular weight excluding hydrogens is 226 g/mol. The minimum Gasteiger partial charge on any atom is -0.319 e. The highest BCUT2D eigenvalue weighted by atomic mass is 16.7. The van der Waals surface area contributed by atoms with Crippen LogP contribution >= 0.6 is 0 Å². The highest BCUT2D eigenvalue weighted by Gasteiger charge is 2.19. The van der Waals surface area contributed by atoms with Crippen LogP contribution in [0.3, 0.4) is 0 Å². The van der Waals surface area contributed by atoms with Gasteiger partial charge in [-0.15, -0.1) is 0 Å². The van der Waals surface area contributed by atoms with Crippen LogP contribution in [0, 0.1) is 6.92 Å². The van der Waals surface area contributed by atoms with Gasteiger partial charge in [-0.25, -0.2) is 4.79 Å². The van der Waals surface area contributed by atoms with Gasteiger partial charge in [-0.3, -0.25) is 0 Å². The van der Waals surface area contributed by atoms with E-state index in [-0.39, 0.29) is 5.97 Å². The Morgan fingerprint density at radius 3 is 2.67 bits per heavy atom. The molecule has 3 nitrogen and oxygen atoms in total. The summed E-state index contributed by atoms with van der Waals surface area (Å²) in [4.78, 5) is 15.4. The zero-order chi connectivity index (χ0) is 13.0. The molecule has 2 rings (SSSR count). The fraction of sp³-hybridized carbons (Fsp3) is 0.467. The first-order valence-corrected chi connectivity index (χ1v) is 6.45. The van der Waals surface area contributed by atoms with E-state index >= 15 is 0 Å². The van der Waals surface area contributed by atoms with Gasteiger partial charge in [0.1, 0.15) is 0 Å². The Hall–Kier alpha value is -1.64. The molecule has 0 bridgehead atoms. The summed E-state index contributed by atoms with van der Waals surface area (Å²) in [7, 11) is 0. The van der Waals surface area contributed by atoms with Gasteiger partial charge in [-0.1, -0.05) is 35.0 Å². The van der Waals surface area contributed by atoms with Gasteiger partial charge in [0.15, 0.2) is 0 Å². The normalized spacial score (nSPS) is 19.4. The van der Waals surface area contributed by atoms with Gasteiger partial charge in [-0.2, -0.15) is 0 Å². The van der Waals surface area contributed by atoms with E-state index in [1.165, 1.54) is 18.1 Å². The average Bonchev–Trinajstić information content (AvgIpc) is 2.37. The third-order valence-corrected chi connectivity index (χ3v) is 3.38. The van der Waals surface area contributed by atoms with Crippen LogP contribution in [0.4, 0.5) is 0 Å². The Morgan fingerprint density at radius 1 is 1.33 bits per heavy atom. The van der Waals surface area contributed by atoms with Crippen LogP contribution in [0.25, 0.3) is 0 Å². The van der Waals surface area contributed by atoms with Crippen molar-refractivity contribution in [2.24, 2.45) is 5.16 Å². The van der Waals surface area contributed by atoms with Crippen molar-refractivity contribution in [3.8, 4) is 0 Å². The first-order chi connectivity index (χ1) is 8.65. The average molecular weight is 245 g/mol. The predicted octanol–water partition coefficient (Wildman–Crippen LogP) is 3.57. The molecule has 0 unspecified atom stereocenters. The minimum atomic E-state index is -0.344. The SMILES string of the molecule is CC(=O)ON=C1CCC(c2cccc(C)c2)CC1. The van der Waals surface area contributed by atoms with Crippen molar-refractivity contribution < 1.29 is 9.63 Å². The lowest BCUT2D eigenvalue weighted by Gasteiger charge is -2.23. The Labute approximate surface area is 108 Å². The quantitative estimate of drug-likeness (QED) is 0.590. The summed E-state index contributed by atoms with van der Waals surface area (Å²) in [6, 6.07) is 8.71. The number of oxime groups is 1. The third-order valence-electron chi connectivity index (χ3n) is 3.38. The smallest absolute Gasteiger partial charge is 0.319 e. The van der Waals surface area contributed by atoms with Crippen molar-refractivity contribution in [2.75, 3.05) is 0 Å². The number of hydrogen-bond donors (Lipinski definition) is 0. The lowest BCUT2D eigenvalue weighted by Crippen LogP contribution is -2.13. The van der Waals surface area contributed by atoms with Gasteiger partial charge in [-0.05, 0) is 44.1 Å².